The summed E-state index contributed by atoms with van der Waals surface area (Å²) in [6, 6.07) is 23.5. The van der Waals surface area contributed by atoms with Gasteiger partial charge in [0.05, 0.1) is 6.04 Å². The van der Waals surface area contributed by atoms with Gasteiger partial charge in [-0.25, -0.2) is 0 Å². The van der Waals surface area contributed by atoms with Crippen molar-refractivity contribution >= 4 is 17.3 Å². The van der Waals surface area contributed by atoms with Crippen LogP contribution in [-0.2, 0) is 0 Å². The molecule has 1 atom stereocenters. The van der Waals surface area contributed by atoms with E-state index < -0.39 is 0 Å². The maximum atomic E-state index is 13.4. The summed E-state index contributed by atoms with van der Waals surface area (Å²) in [5.74, 6) is -0.0212. The number of hydrogen-bond acceptors (Lipinski definition) is 5. The Morgan fingerprint density at radius 3 is 2.22 bits per heavy atom. The van der Waals surface area contributed by atoms with Crippen LogP contribution in [0.1, 0.15) is 34.5 Å². The molecule has 0 radical (unpaired) electrons. The smallest absolute Gasteiger partial charge is 0.252 e. The number of piperazine rings is 2. The highest BCUT2D eigenvalue weighted by molar-refractivity contribution is 5.97. The fraction of sp³-hybridized carbons (Fsp3) is 0.387. The van der Waals surface area contributed by atoms with Crippen molar-refractivity contribution in [1.82, 2.24) is 15.5 Å². The number of nitrogens with one attached hydrogen (secondary N) is 2. The number of anilines is 2. The number of rotatable bonds is 6. The zero-order valence-corrected chi connectivity index (χ0v) is 22.3. The number of likely N-dealkylation sites (N-methyl/N-ethyl adjacent to an activating group) is 1. The van der Waals surface area contributed by atoms with E-state index in [1.54, 1.807) is 0 Å². The summed E-state index contributed by atoms with van der Waals surface area (Å²) < 4.78 is 0. The minimum atomic E-state index is -0.101. The van der Waals surface area contributed by atoms with Gasteiger partial charge in [0, 0.05) is 69.3 Å². The third-order valence-corrected chi connectivity index (χ3v) is 7.73. The molecule has 2 aliphatic rings. The van der Waals surface area contributed by atoms with Crippen LogP contribution in [0.15, 0.2) is 66.7 Å². The molecule has 0 aliphatic carbocycles. The second-order valence-electron chi connectivity index (χ2n) is 10.4. The molecule has 0 aromatic heterocycles. The van der Waals surface area contributed by atoms with Crippen LogP contribution in [0.2, 0.25) is 0 Å². The molecule has 2 fully saturated rings. The molecule has 3 aromatic rings. The van der Waals surface area contributed by atoms with Gasteiger partial charge in [-0.2, -0.15) is 0 Å². The van der Waals surface area contributed by atoms with E-state index in [0.29, 0.717) is 0 Å². The van der Waals surface area contributed by atoms with Gasteiger partial charge in [-0.3, -0.25) is 4.79 Å². The Morgan fingerprint density at radius 2 is 1.46 bits per heavy atom. The number of benzene rings is 3. The highest BCUT2D eigenvalue weighted by atomic mass is 16.1. The van der Waals surface area contributed by atoms with Crippen LogP contribution < -0.4 is 20.4 Å². The predicted molar refractivity (Wildman–Crippen MR) is 154 cm³/mol. The van der Waals surface area contributed by atoms with E-state index in [1.165, 1.54) is 16.8 Å². The summed E-state index contributed by atoms with van der Waals surface area (Å²) in [6.07, 6.45) is 0. The van der Waals surface area contributed by atoms with Gasteiger partial charge in [-0.15, -0.1) is 0 Å². The van der Waals surface area contributed by atoms with Crippen molar-refractivity contribution < 1.29 is 4.79 Å². The molecule has 37 heavy (non-hydrogen) atoms. The summed E-state index contributed by atoms with van der Waals surface area (Å²) in [6.45, 7) is 12.2. The van der Waals surface area contributed by atoms with Crippen molar-refractivity contribution in [2.24, 2.45) is 0 Å². The molecular formula is C31H39N5O. The fourth-order valence-electron chi connectivity index (χ4n) is 5.27. The van der Waals surface area contributed by atoms with Gasteiger partial charge in [0.15, 0.2) is 0 Å². The van der Waals surface area contributed by atoms with Gasteiger partial charge in [-0.1, -0.05) is 36.4 Å². The van der Waals surface area contributed by atoms with Crippen LogP contribution >= 0.6 is 0 Å². The molecule has 6 nitrogen and oxygen atoms in total. The number of aryl methyl sites for hydroxylation is 1. The van der Waals surface area contributed by atoms with Crippen LogP contribution in [0.4, 0.5) is 11.4 Å². The van der Waals surface area contributed by atoms with E-state index in [0.717, 1.165) is 74.7 Å². The number of amides is 1. The molecular weight excluding hydrogens is 458 g/mol. The maximum Gasteiger partial charge on any atom is 0.252 e. The topological polar surface area (TPSA) is 50.9 Å². The first kappa shape index (κ1) is 25.3. The lowest BCUT2D eigenvalue weighted by Gasteiger charge is -2.34. The number of hydrogen-bond donors (Lipinski definition) is 2. The molecule has 2 aliphatic heterocycles. The average Bonchev–Trinajstić information content (AvgIpc) is 2.94. The highest BCUT2D eigenvalue weighted by Crippen LogP contribution is 2.28. The van der Waals surface area contributed by atoms with Gasteiger partial charge in [0.2, 0.25) is 0 Å². The van der Waals surface area contributed by atoms with Gasteiger partial charge in [-0.05, 0) is 73.5 Å². The predicted octanol–water partition coefficient (Wildman–Crippen LogP) is 4.31. The second kappa shape index (κ2) is 11.4. The Labute approximate surface area is 221 Å². The van der Waals surface area contributed by atoms with E-state index in [1.807, 2.05) is 6.92 Å². The lowest BCUT2D eigenvalue weighted by Crippen LogP contribution is -2.44. The first-order chi connectivity index (χ1) is 18.0. The van der Waals surface area contributed by atoms with Crippen LogP contribution in [0.25, 0.3) is 11.1 Å². The Balaban J connectivity index is 1.30. The Kier molecular flexibility index (Phi) is 7.77. The van der Waals surface area contributed by atoms with E-state index >= 15 is 0 Å². The van der Waals surface area contributed by atoms with Crippen molar-refractivity contribution in [1.29, 1.82) is 0 Å². The van der Waals surface area contributed by atoms with Gasteiger partial charge >= 0.3 is 0 Å². The normalized spacial score (nSPS) is 17.5. The molecule has 0 saturated carbocycles. The third kappa shape index (κ3) is 5.97. The first-order valence-electron chi connectivity index (χ1n) is 13.5. The molecule has 2 saturated heterocycles. The Bertz CT molecular complexity index is 1230. The van der Waals surface area contributed by atoms with E-state index in [2.05, 4.69) is 106 Å². The molecule has 1 amide bonds. The second-order valence-corrected chi connectivity index (χ2v) is 10.4. The summed E-state index contributed by atoms with van der Waals surface area (Å²) in [4.78, 5) is 20.5. The van der Waals surface area contributed by atoms with Crippen molar-refractivity contribution in [3.05, 3.63) is 83.4 Å². The number of carbonyl (C=O) groups is 1. The number of carbonyl (C=O) groups excluding carboxylic acids is 1. The number of nitrogens with zero attached hydrogens (tertiary/aromatic N) is 3. The molecule has 2 heterocycles. The fourth-order valence-corrected chi connectivity index (χ4v) is 5.27. The molecule has 5 rings (SSSR count). The Hall–Kier alpha value is -3.35. The quantitative estimate of drug-likeness (QED) is 0.532. The summed E-state index contributed by atoms with van der Waals surface area (Å²) >= 11 is 0. The van der Waals surface area contributed by atoms with Crippen molar-refractivity contribution in [2.45, 2.75) is 19.9 Å². The van der Waals surface area contributed by atoms with Crippen LogP contribution in [0, 0.1) is 6.92 Å². The summed E-state index contributed by atoms with van der Waals surface area (Å²) in [5.41, 5.74) is 7.62. The minimum absolute atomic E-state index is 0.0212. The lowest BCUT2D eigenvalue weighted by atomic mass is 9.99. The van der Waals surface area contributed by atoms with Gasteiger partial charge in [0.1, 0.15) is 0 Å². The average molecular weight is 498 g/mol. The molecule has 0 spiro atoms. The SMILES string of the molecule is Cc1ccc(N2CCN(C)CC2)cc1C(=O)N[C@H](C)c1cccc(-c2cccc(N3CCNCC3)c2)c1. The monoisotopic (exact) mass is 497 g/mol. The Morgan fingerprint density at radius 1 is 0.811 bits per heavy atom. The first-order valence-corrected chi connectivity index (χ1v) is 13.5. The summed E-state index contributed by atoms with van der Waals surface area (Å²) in [7, 11) is 2.16. The van der Waals surface area contributed by atoms with Crippen LogP contribution in [0.3, 0.4) is 0 Å². The maximum absolute atomic E-state index is 13.4. The van der Waals surface area contributed by atoms with Crippen molar-refractivity contribution in [2.75, 3.05) is 69.2 Å². The minimum Gasteiger partial charge on any atom is -0.369 e. The van der Waals surface area contributed by atoms with E-state index in [4.69, 9.17) is 0 Å². The van der Waals surface area contributed by atoms with E-state index in [9.17, 15) is 4.79 Å². The molecule has 6 heteroatoms. The largest absolute Gasteiger partial charge is 0.369 e. The van der Waals surface area contributed by atoms with Crippen molar-refractivity contribution in [3.63, 3.8) is 0 Å². The molecule has 3 aromatic carbocycles. The van der Waals surface area contributed by atoms with Gasteiger partial charge < -0.3 is 25.3 Å². The van der Waals surface area contributed by atoms with Crippen LogP contribution in [-0.4, -0.2) is 70.2 Å². The van der Waals surface area contributed by atoms with Crippen molar-refractivity contribution in [3.8, 4) is 11.1 Å². The van der Waals surface area contributed by atoms with Gasteiger partial charge in [0.25, 0.3) is 5.91 Å². The molecule has 2 N–H and O–H groups in total. The lowest BCUT2D eigenvalue weighted by molar-refractivity contribution is 0.0939. The third-order valence-electron chi connectivity index (χ3n) is 7.73. The zero-order valence-electron chi connectivity index (χ0n) is 22.3. The summed E-state index contributed by atoms with van der Waals surface area (Å²) in [5, 5.41) is 6.67. The highest BCUT2D eigenvalue weighted by Gasteiger charge is 2.19. The zero-order chi connectivity index (χ0) is 25.8. The van der Waals surface area contributed by atoms with E-state index in [-0.39, 0.29) is 11.9 Å². The molecule has 194 valence electrons. The standard InChI is InChI=1S/C31H39N5O/c1-23-10-11-29(36-18-16-34(3)17-19-36)22-30(23)31(37)33-24(2)25-6-4-7-26(20-25)27-8-5-9-28(21-27)35-14-12-32-13-15-35/h4-11,20-22,24,32H,12-19H2,1-3H3,(H,33,37)/t24-/m1/s1. The van der Waals surface area contributed by atoms with Crippen LogP contribution in [0.5, 0.6) is 0 Å². The molecule has 0 unspecified atom stereocenters. The molecule has 0 bridgehead atoms.